The van der Waals surface area contributed by atoms with Crippen molar-refractivity contribution in [3.63, 3.8) is 0 Å². The zero-order valence-electron chi connectivity index (χ0n) is 17.8. The summed E-state index contributed by atoms with van der Waals surface area (Å²) in [7, 11) is 3.40. The molecule has 1 saturated heterocycles. The Bertz CT molecular complexity index is 1350. The predicted octanol–water partition coefficient (Wildman–Crippen LogP) is 2.11. The summed E-state index contributed by atoms with van der Waals surface area (Å²) in [5.41, 5.74) is 1.62. The van der Waals surface area contributed by atoms with Crippen molar-refractivity contribution < 1.29 is 9.90 Å². The zero-order valence-corrected chi connectivity index (χ0v) is 18.6. The fraction of sp³-hybridized carbons (Fsp3) is 0.238. The smallest absolute Gasteiger partial charge is 0.260 e. The Hall–Kier alpha value is -3.83. The molecule has 1 fully saturated rings. The fourth-order valence-corrected chi connectivity index (χ4v) is 3.82. The Balaban J connectivity index is 1.42. The minimum atomic E-state index is -1.60. The van der Waals surface area contributed by atoms with E-state index in [0.717, 1.165) is 0 Å². The third kappa shape index (κ3) is 3.70. The summed E-state index contributed by atoms with van der Waals surface area (Å²) >= 11 is 6.20. The maximum absolute atomic E-state index is 12.4. The van der Waals surface area contributed by atoms with Crippen LogP contribution < -0.4 is 5.32 Å². The molecule has 0 radical (unpaired) electrons. The van der Waals surface area contributed by atoms with Crippen molar-refractivity contribution in [1.82, 2.24) is 39.8 Å². The lowest BCUT2D eigenvalue weighted by molar-refractivity contribution is -0.143. The van der Waals surface area contributed by atoms with E-state index in [9.17, 15) is 9.90 Å². The Morgan fingerprint density at radius 2 is 1.91 bits per heavy atom. The molecule has 0 aromatic carbocycles. The number of carbonyl (C=O) groups excluding carboxylic acids is 1. The van der Waals surface area contributed by atoms with Gasteiger partial charge in [0.1, 0.15) is 10.8 Å². The number of hydrogen-bond donors (Lipinski definition) is 3. The molecule has 33 heavy (non-hydrogen) atoms. The van der Waals surface area contributed by atoms with Gasteiger partial charge in [-0.2, -0.15) is 10.2 Å². The monoisotopic (exact) mass is 465 g/mol. The maximum Gasteiger partial charge on any atom is 0.260 e. The second kappa shape index (κ2) is 7.94. The standard InChI is InChI=1S/C21H20ClN9O2/c1-30-9-7-21(33,19(30)32)17-10-15(28-29-17)13-5-3-4-12(25-13)14-6-8-23-20(26-14)27-16-11-24-31(2)18(16)22/h3-6,8,10-11,33H,7,9H2,1-2H3,(H,28,29)(H,23,26,27)/t21-/m0/s1. The number of aromatic amines is 1. The molecule has 0 spiro atoms. The minimum absolute atomic E-state index is 0.301. The van der Waals surface area contributed by atoms with Gasteiger partial charge in [-0.05, 0) is 24.3 Å². The quantitative estimate of drug-likeness (QED) is 0.407. The number of nitrogens with zero attached hydrogens (tertiary/aromatic N) is 7. The summed E-state index contributed by atoms with van der Waals surface area (Å²) in [4.78, 5) is 27.3. The SMILES string of the molecule is CN1CC[C@](O)(c2cc(-c3cccc(-c4ccnc(Nc5cnn(C)c5Cl)n4)n3)n[nH]2)C1=O. The Morgan fingerprint density at radius 1 is 1.15 bits per heavy atom. The highest BCUT2D eigenvalue weighted by Crippen LogP contribution is 2.33. The van der Waals surface area contributed by atoms with Crippen LogP contribution in [-0.2, 0) is 17.4 Å². The molecule has 1 aliphatic rings. The predicted molar refractivity (Wildman–Crippen MR) is 120 cm³/mol. The lowest BCUT2D eigenvalue weighted by Gasteiger charge is -2.18. The number of amides is 1. The van der Waals surface area contributed by atoms with E-state index in [2.05, 4.69) is 35.6 Å². The second-order valence-electron chi connectivity index (χ2n) is 7.78. The van der Waals surface area contributed by atoms with Crippen molar-refractivity contribution >= 4 is 29.1 Å². The Labute approximate surface area is 193 Å². The van der Waals surface area contributed by atoms with E-state index in [-0.39, 0.29) is 5.91 Å². The molecule has 0 saturated carbocycles. The van der Waals surface area contributed by atoms with Crippen molar-refractivity contribution in [3.8, 4) is 22.8 Å². The van der Waals surface area contributed by atoms with Crippen LogP contribution in [0.2, 0.25) is 5.15 Å². The Kier molecular flexibility index (Phi) is 5.06. The van der Waals surface area contributed by atoms with Crippen LogP contribution in [-0.4, -0.2) is 64.4 Å². The number of aryl methyl sites for hydroxylation is 1. The first-order valence-corrected chi connectivity index (χ1v) is 10.5. The molecule has 0 unspecified atom stereocenters. The van der Waals surface area contributed by atoms with Gasteiger partial charge in [0.2, 0.25) is 5.95 Å². The van der Waals surface area contributed by atoms with E-state index >= 15 is 0 Å². The Morgan fingerprint density at radius 3 is 2.61 bits per heavy atom. The third-order valence-electron chi connectivity index (χ3n) is 5.58. The first-order chi connectivity index (χ1) is 15.8. The van der Waals surface area contributed by atoms with E-state index in [1.165, 1.54) is 9.58 Å². The number of carbonyl (C=O) groups is 1. The number of likely N-dealkylation sites (N-methyl/N-ethyl adjacent to an activating group) is 1. The second-order valence-corrected chi connectivity index (χ2v) is 8.13. The van der Waals surface area contributed by atoms with Crippen LogP contribution in [0, 0.1) is 0 Å². The highest BCUT2D eigenvalue weighted by atomic mass is 35.5. The number of H-pyrrole nitrogens is 1. The number of rotatable bonds is 5. The molecule has 4 aromatic heterocycles. The first-order valence-electron chi connectivity index (χ1n) is 10.1. The van der Waals surface area contributed by atoms with Gasteiger partial charge in [0.15, 0.2) is 5.60 Å². The molecular formula is C21H20ClN9O2. The topological polar surface area (TPSA) is 138 Å². The molecule has 168 valence electrons. The van der Waals surface area contributed by atoms with Gasteiger partial charge in [-0.3, -0.25) is 14.6 Å². The number of anilines is 2. The molecule has 5 heterocycles. The van der Waals surface area contributed by atoms with Crippen LogP contribution in [0.3, 0.4) is 0 Å². The van der Waals surface area contributed by atoms with Crippen LogP contribution in [0.5, 0.6) is 0 Å². The first kappa shape index (κ1) is 21.0. The number of likely N-dealkylation sites (tertiary alicyclic amines) is 1. The van der Waals surface area contributed by atoms with Crippen molar-refractivity contribution in [2.75, 3.05) is 18.9 Å². The number of pyridine rings is 1. The largest absolute Gasteiger partial charge is 0.374 e. The van der Waals surface area contributed by atoms with Crippen LogP contribution in [0.25, 0.3) is 22.8 Å². The van der Waals surface area contributed by atoms with Crippen LogP contribution >= 0.6 is 11.6 Å². The van der Waals surface area contributed by atoms with E-state index in [4.69, 9.17) is 11.6 Å². The number of aliphatic hydroxyl groups is 1. The van der Waals surface area contributed by atoms with Crippen molar-refractivity contribution in [3.05, 3.63) is 53.6 Å². The summed E-state index contributed by atoms with van der Waals surface area (Å²) in [6.07, 6.45) is 3.51. The molecular weight excluding hydrogens is 446 g/mol. The molecule has 4 aromatic rings. The molecule has 3 N–H and O–H groups in total. The maximum atomic E-state index is 12.4. The zero-order chi connectivity index (χ0) is 23.2. The van der Waals surface area contributed by atoms with Gasteiger partial charge < -0.3 is 15.3 Å². The number of hydrogen-bond acceptors (Lipinski definition) is 8. The van der Waals surface area contributed by atoms with Gasteiger partial charge in [0.25, 0.3) is 5.91 Å². The third-order valence-corrected chi connectivity index (χ3v) is 6.02. The van der Waals surface area contributed by atoms with Gasteiger partial charge in [0, 0.05) is 33.3 Å². The van der Waals surface area contributed by atoms with E-state index < -0.39 is 5.60 Å². The molecule has 12 heteroatoms. The lowest BCUT2D eigenvalue weighted by Crippen LogP contribution is -2.36. The van der Waals surface area contributed by atoms with Crippen LogP contribution in [0.1, 0.15) is 12.1 Å². The van der Waals surface area contributed by atoms with Gasteiger partial charge in [-0.1, -0.05) is 17.7 Å². The van der Waals surface area contributed by atoms with E-state index in [1.807, 2.05) is 12.1 Å². The summed E-state index contributed by atoms with van der Waals surface area (Å²) in [6, 6.07) is 8.85. The molecule has 1 atom stereocenters. The number of aromatic nitrogens is 7. The van der Waals surface area contributed by atoms with Crippen LogP contribution in [0.15, 0.2) is 42.7 Å². The van der Waals surface area contributed by atoms with Gasteiger partial charge >= 0.3 is 0 Å². The summed E-state index contributed by atoms with van der Waals surface area (Å²) < 4.78 is 1.53. The molecule has 1 amide bonds. The minimum Gasteiger partial charge on any atom is -0.374 e. The average molecular weight is 466 g/mol. The van der Waals surface area contributed by atoms with Crippen molar-refractivity contribution in [1.29, 1.82) is 0 Å². The van der Waals surface area contributed by atoms with E-state index in [0.29, 0.717) is 58.2 Å². The molecule has 1 aliphatic heterocycles. The van der Waals surface area contributed by atoms with Crippen LogP contribution in [0.4, 0.5) is 11.6 Å². The molecule has 11 nitrogen and oxygen atoms in total. The summed E-state index contributed by atoms with van der Waals surface area (Å²) in [6.45, 7) is 0.478. The van der Waals surface area contributed by atoms with Gasteiger partial charge in [-0.15, -0.1) is 0 Å². The number of nitrogens with one attached hydrogen (secondary N) is 2. The summed E-state index contributed by atoms with van der Waals surface area (Å²) in [5, 5.41) is 25.5. The molecule has 0 aliphatic carbocycles. The van der Waals surface area contributed by atoms with E-state index in [1.54, 1.807) is 44.7 Å². The molecule has 5 rings (SSSR count). The molecule has 0 bridgehead atoms. The van der Waals surface area contributed by atoms with Gasteiger partial charge in [-0.25, -0.2) is 15.0 Å². The normalized spacial score (nSPS) is 18.2. The van der Waals surface area contributed by atoms with Crippen molar-refractivity contribution in [2.45, 2.75) is 12.0 Å². The lowest BCUT2D eigenvalue weighted by atomic mass is 9.97. The summed E-state index contributed by atoms with van der Waals surface area (Å²) in [5.74, 6) is -0.00288. The number of halogens is 1. The van der Waals surface area contributed by atoms with Crippen molar-refractivity contribution in [2.24, 2.45) is 7.05 Å². The highest BCUT2D eigenvalue weighted by Gasteiger charge is 2.46. The average Bonchev–Trinajstić information content (AvgIpc) is 3.52. The fourth-order valence-electron chi connectivity index (χ4n) is 3.68. The van der Waals surface area contributed by atoms with Gasteiger partial charge in [0.05, 0.1) is 34.7 Å². The highest BCUT2D eigenvalue weighted by molar-refractivity contribution is 6.32.